The predicted octanol–water partition coefficient (Wildman–Crippen LogP) is 0.554. The van der Waals surface area contributed by atoms with Crippen LogP contribution in [0.15, 0.2) is 18.2 Å². The number of hydrogen-bond acceptors (Lipinski definition) is 1. The summed E-state index contributed by atoms with van der Waals surface area (Å²) in [5.74, 6) is 0. The van der Waals surface area contributed by atoms with Crippen LogP contribution in [0.5, 0.6) is 0 Å². The summed E-state index contributed by atoms with van der Waals surface area (Å²) in [6, 6.07) is 3.94. The average Bonchev–Trinajstić information content (AvgIpc) is 1.83. The number of hydrogen-bond donors (Lipinski definition) is 2. The van der Waals surface area contributed by atoms with Gasteiger partial charge in [0.1, 0.15) is 0 Å². The first-order valence-electron chi connectivity index (χ1n) is 2.92. The third-order valence-corrected chi connectivity index (χ3v) is 4.19. The van der Waals surface area contributed by atoms with Gasteiger partial charge in [0.05, 0.1) is 0 Å². The summed E-state index contributed by atoms with van der Waals surface area (Å²) < 4.78 is 28.3. The van der Waals surface area contributed by atoms with Crippen LogP contribution in [0.25, 0.3) is 0 Å². The SMILES string of the molecule is O=[As](O)(O)c1ccc(Cl)cc1Cl. The van der Waals surface area contributed by atoms with Crippen molar-refractivity contribution in [1.29, 1.82) is 0 Å². The molecule has 0 fully saturated rings. The number of rotatable bonds is 1. The maximum atomic E-state index is 10.8. The van der Waals surface area contributed by atoms with E-state index in [0.717, 1.165) is 0 Å². The molecule has 0 unspecified atom stereocenters. The molecule has 0 bridgehead atoms. The van der Waals surface area contributed by atoms with Gasteiger partial charge < -0.3 is 0 Å². The van der Waals surface area contributed by atoms with Crippen molar-refractivity contribution in [3.8, 4) is 0 Å². The van der Waals surface area contributed by atoms with Crippen LogP contribution in [0.3, 0.4) is 0 Å². The monoisotopic (exact) mass is 270 g/mol. The van der Waals surface area contributed by atoms with E-state index in [0.29, 0.717) is 5.02 Å². The van der Waals surface area contributed by atoms with Crippen LogP contribution in [0, 0.1) is 0 Å². The Morgan fingerprint density at radius 1 is 1.25 bits per heavy atom. The molecule has 2 N–H and O–H groups in total. The van der Waals surface area contributed by atoms with Crippen molar-refractivity contribution in [2.75, 3.05) is 0 Å². The van der Waals surface area contributed by atoms with Crippen LogP contribution in [0.4, 0.5) is 0 Å². The van der Waals surface area contributed by atoms with Crippen LogP contribution in [0.1, 0.15) is 0 Å². The fourth-order valence-electron chi connectivity index (χ4n) is 0.717. The molecular formula is C6H5AsCl2O3. The van der Waals surface area contributed by atoms with E-state index in [1.165, 1.54) is 18.2 Å². The van der Waals surface area contributed by atoms with Crippen LogP contribution in [0.2, 0.25) is 10.0 Å². The molecule has 0 aliphatic heterocycles. The summed E-state index contributed by atoms with van der Waals surface area (Å²) in [7, 11) is 0. The molecule has 6 heteroatoms. The molecule has 12 heavy (non-hydrogen) atoms. The fraction of sp³-hybridized carbons (Fsp3) is 0. The zero-order valence-electron chi connectivity index (χ0n) is 5.74. The van der Waals surface area contributed by atoms with E-state index < -0.39 is 14.2 Å². The van der Waals surface area contributed by atoms with Gasteiger partial charge in [-0.3, -0.25) is 0 Å². The van der Waals surface area contributed by atoms with Crippen LogP contribution < -0.4 is 4.35 Å². The predicted molar refractivity (Wildman–Crippen MR) is 47.0 cm³/mol. The molecule has 0 aliphatic rings. The Morgan fingerprint density at radius 2 is 1.83 bits per heavy atom. The Balaban J connectivity index is 3.28. The van der Waals surface area contributed by atoms with Gasteiger partial charge in [0, 0.05) is 0 Å². The summed E-state index contributed by atoms with van der Waals surface area (Å²) in [6.45, 7) is 0. The van der Waals surface area contributed by atoms with E-state index in [2.05, 4.69) is 0 Å². The third-order valence-electron chi connectivity index (χ3n) is 1.22. The fourth-order valence-corrected chi connectivity index (χ4v) is 2.98. The number of benzene rings is 1. The van der Waals surface area contributed by atoms with Crippen molar-refractivity contribution in [2.24, 2.45) is 0 Å². The van der Waals surface area contributed by atoms with Gasteiger partial charge in [-0.05, 0) is 0 Å². The summed E-state index contributed by atoms with van der Waals surface area (Å²) in [4.78, 5) is 0. The van der Waals surface area contributed by atoms with Gasteiger partial charge in [0.25, 0.3) is 0 Å². The van der Waals surface area contributed by atoms with Gasteiger partial charge in [-0.2, -0.15) is 0 Å². The quantitative estimate of drug-likeness (QED) is 0.733. The van der Waals surface area contributed by atoms with Gasteiger partial charge in [-0.25, -0.2) is 0 Å². The second-order valence-corrected chi connectivity index (χ2v) is 6.28. The zero-order chi connectivity index (χ0) is 9.35. The molecule has 0 atom stereocenters. The summed E-state index contributed by atoms with van der Waals surface area (Å²) >= 11 is 6.22. The second-order valence-electron chi connectivity index (χ2n) is 2.14. The normalized spacial score (nSPS) is 11.7. The average molecular weight is 271 g/mol. The molecule has 0 aromatic heterocycles. The molecule has 0 amide bonds. The third kappa shape index (κ3) is 2.28. The molecule has 3 nitrogen and oxygen atoms in total. The molecule has 0 spiro atoms. The Kier molecular flexibility index (Phi) is 2.92. The van der Waals surface area contributed by atoms with Crippen LogP contribution in [-0.4, -0.2) is 22.4 Å². The van der Waals surface area contributed by atoms with Crippen molar-refractivity contribution in [3.05, 3.63) is 28.2 Å². The summed E-state index contributed by atoms with van der Waals surface area (Å²) in [6.07, 6.45) is 0. The Labute approximate surface area is 81.9 Å². The Hall–Kier alpha value is 0.0784. The first kappa shape index (κ1) is 10.2. The molecule has 0 heterocycles. The summed E-state index contributed by atoms with van der Waals surface area (Å²) in [5, 5.41) is 0.364. The van der Waals surface area contributed by atoms with E-state index in [9.17, 15) is 3.74 Å². The van der Waals surface area contributed by atoms with E-state index in [1.807, 2.05) is 0 Å². The van der Waals surface area contributed by atoms with E-state index >= 15 is 0 Å². The standard InChI is InChI=1S/C6H5AsCl2O3/c8-4-1-2-5(6(9)3-4)7(10,11)12/h1-3H,(H2,10,11,12). The van der Waals surface area contributed by atoms with Crippen LogP contribution >= 0.6 is 23.2 Å². The Bertz CT molecular complexity index is 347. The minimum absolute atomic E-state index is 0.00926. The van der Waals surface area contributed by atoms with Crippen molar-refractivity contribution in [3.63, 3.8) is 0 Å². The van der Waals surface area contributed by atoms with Crippen molar-refractivity contribution in [2.45, 2.75) is 0 Å². The molecule has 0 aliphatic carbocycles. The van der Waals surface area contributed by atoms with Gasteiger partial charge in [0.2, 0.25) is 0 Å². The van der Waals surface area contributed by atoms with E-state index in [1.54, 1.807) is 0 Å². The first-order chi connectivity index (χ1) is 5.41. The molecule has 1 rings (SSSR count). The van der Waals surface area contributed by atoms with Crippen molar-refractivity contribution in [1.82, 2.24) is 0 Å². The molecule has 0 saturated heterocycles. The maximum absolute atomic E-state index is 10.8. The molecule has 0 radical (unpaired) electrons. The van der Waals surface area contributed by atoms with Gasteiger partial charge in [-0.1, -0.05) is 0 Å². The van der Waals surface area contributed by atoms with Crippen molar-refractivity contribution < 1.29 is 11.9 Å². The molecule has 0 saturated carbocycles. The van der Waals surface area contributed by atoms with E-state index in [-0.39, 0.29) is 9.37 Å². The minimum atomic E-state index is -4.87. The first-order valence-corrected chi connectivity index (χ1v) is 7.06. The van der Waals surface area contributed by atoms with Crippen molar-refractivity contribution >= 4 is 41.7 Å². The number of halogens is 2. The van der Waals surface area contributed by atoms with Gasteiger partial charge in [-0.15, -0.1) is 0 Å². The topological polar surface area (TPSA) is 57.5 Å². The van der Waals surface area contributed by atoms with Crippen LogP contribution in [-0.2, 0) is 3.74 Å². The van der Waals surface area contributed by atoms with E-state index in [4.69, 9.17) is 31.4 Å². The van der Waals surface area contributed by atoms with Gasteiger partial charge in [0.15, 0.2) is 0 Å². The molecule has 1 aromatic rings. The molecule has 1 aromatic carbocycles. The Morgan fingerprint density at radius 3 is 2.25 bits per heavy atom. The summed E-state index contributed by atoms with van der Waals surface area (Å²) in [5.41, 5.74) is 0. The zero-order valence-corrected chi connectivity index (χ0v) is 9.13. The second kappa shape index (κ2) is 3.44. The van der Waals surface area contributed by atoms with Gasteiger partial charge >= 0.3 is 81.9 Å². The molecular weight excluding hydrogens is 266 g/mol. The molecule has 66 valence electrons.